The second-order valence-corrected chi connectivity index (χ2v) is 2.27. The second kappa shape index (κ2) is 3.88. The first-order chi connectivity index (χ1) is 4.57. The molecule has 0 amide bonds. The molecule has 56 valence electrons. The van der Waals surface area contributed by atoms with Gasteiger partial charge in [0.25, 0.3) is 0 Å². The highest BCUT2D eigenvalue weighted by Gasteiger charge is 1.90. The molecule has 0 spiro atoms. The average molecular weight is 138 g/mol. The number of hydrogen-bond donors (Lipinski definition) is 0. The normalized spacial score (nSPS) is 10.9. The summed E-state index contributed by atoms with van der Waals surface area (Å²) in [5.41, 5.74) is 1.88. The van der Waals surface area contributed by atoms with E-state index in [0.29, 0.717) is 0 Å². The van der Waals surface area contributed by atoms with Crippen LogP contribution in [0.5, 0.6) is 0 Å². The van der Waals surface area contributed by atoms with Crippen molar-refractivity contribution >= 4 is 6.72 Å². The minimum Gasteiger partial charge on any atom is -0.354 e. The maximum absolute atomic E-state index is 3.76. The van der Waals surface area contributed by atoms with Gasteiger partial charge in [-0.3, -0.25) is 4.99 Å². The summed E-state index contributed by atoms with van der Waals surface area (Å²) >= 11 is 0. The molecule has 0 aromatic carbocycles. The lowest BCUT2D eigenvalue weighted by Crippen LogP contribution is -2.06. The van der Waals surface area contributed by atoms with E-state index in [9.17, 15) is 0 Å². The van der Waals surface area contributed by atoms with Crippen molar-refractivity contribution < 1.29 is 0 Å². The van der Waals surface area contributed by atoms with Crippen molar-refractivity contribution in [3.05, 3.63) is 24.2 Å². The van der Waals surface area contributed by atoms with Crippen LogP contribution in [0.4, 0.5) is 0 Å². The van der Waals surface area contributed by atoms with E-state index in [1.165, 1.54) is 0 Å². The molecule has 10 heavy (non-hydrogen) atoms. The summed E-state index contributed by atoms with van der Waals surface area (Å²) in [6.45, 7) is 11.0. The van der Waals surface area contributed by atoms with Crippen molar-refractivity contribution in [3.63, 3.8) is 0 Å². The molecule has 2 heteroatoms. The molecule has 0 saturated heterocycles. The quantitative estimate of drug-likeness (QED) is 0.545. The maximum Gasteiger partial charge on any atom is 0.0527 e. The van der Waals surface area contributed by atoms with Gasteiger partial charge in [0.1, 0.15) is 0 Å². The molecular formula is C8H14N2. The van der Waals surface area contributed by atoms with Gasteiger partial charge < -0.3 is 4.90 Å². The van der Waals surface area contributed by atoms with E-state index in [-0.39, 0.29) is 0 Å². The third-order valence-electron chi connectivity index (χ3n) is 1.23. The molecule has 0 aliphatic rings. The van der Waals surface area contributed by atoms with Crippen LogP contribution in [0, 0.1) is 0 Å². The summed E-state index contributed by atoms with van der Waals surface area (Å²) in [6, 6.07) is 0. The SMILES string of the molecule is C=N/C(C)=C\N(C)C(=C)C. The Morgan fingerprint density at radius 3 is 2.30 bits per heavy atom. The van der Waals surface area contributed by atoms with Gasteiger partial charge in [-0.1, -0.05) is 6.58 Å². The number of nitrogens with zero attached hydrogens (tertiary/aromatic N) is 2. The molecule has 0 aromatic rings. The predicted octanol–water partition coefficient (Wildman–Crippen LogP) is 2.01. The highest BCUT2D eigenvalue weighted by atomic mass is 15.1. The molecule has 0 fully saturated rings. The predicted molar refractivity (Wildman–Crippen MR) is 45.9 cm³/mol. The molecule has 0 radical (unpaired) electrons. The van der Waals surface area contributed by atoms with Gasteiger partial charge in [0.05, 0.1) is 5.70 Å². The number of allylic oxidation sites excluding steroid dienone is 2. The van der Waals surface area contributed by atoms with Gasteiger partial charge in [0.2, 0.25) is 0 Å². The van der Waals surface area contributed by atoms with E-state index in [4.69, 9.17) is 0 Å². The minimum atomic E-state index is 0.894. The van der Waals surface area contributed by atoms with Crippen molar-refractivity contribution in [1.82, 2.24) is 4.90 Å². The Balaban J connectivity index is 4.11. The Labute approximate surface area is 62.6 Å². The van der Waals surface area contributed by atoms with Crippen molar-refractivity contribution in [1.29, 1.82) is 0 Å². The lowest BCUT2D eigenvalue weighted by atomic mass is 10.4. The smallest absolute Gasteiger partial charge is 0.0527 e. The molecule has 0 heterocycles. The van der Waals surface area contributed by atoms with Crippen molar-refractivity contribution in [2.24, 2.45) is 4.99 Å². The average Bonchev–Trinajstić information content (AvgIpc) is 1.87. The van der Waals surface area contributed by atoms with Gasteiger partial charge in [0.15, 0.2) is 0 Å². The highest BCUT2D eigenvalue weighted by molar-refractivity contribution is 5.28. The Kier molecular flexibility index (Phi) is 3.47. The van der Waals surface area contributed by atoms with Crippen LogP contribution in [0.15, 0.2) is 29.2 Å². The summed E-state index contributed by atoms with van der Waals surface area (Å²) in [6.07, 6.45) is 1.88. The fraction of sp³-hybridized carbons (Fsp3) is 0.375. The summed E-state index contributed by atoms with van der Waals surface area (Å²) in [5, 5.41) is 0. The van der Waals surface area contributed by atoms with Gasteiger partial charge in [-0.25, -0.2) is 0 Å². The van der Waals surface area contributed by atoms with Crippen molar-refractivity contribution in [2.45, 2.75) is 13.8 Å². The first-order valence-electron chi connectivity index (χ1n) is 3.11. The van der Waals surface area contributed by atoms with Crippen LogP contribution in [-0.4, -0.2) is 18.7 Å². The molecule has 0 aliphatic carbocycles. The molecule has 0 aromatic heterocycles. The van der Waals surface area contributed by atoms with E-state index >= 15 is 0 Å². The van der Waals surface area contributed by atoms with E-state index in [1.54, 1.807) is 0 Å². The summed E-state index contributed by atoms with van der Waals surface area (Å²) in [5.74, 6) is 0. The fourth-order valence-electron chi connectivity index (χ4n) is 0.431. The Hall–Kier alpha value is -1.05. The van der Waals surface area contributed by atoms with Gasteiger partial charge in [-0.15, -0.1) is 0 Å². The Morgan fingerprint density at radius 2 is 2.00 bits per heavy atom. The van der Waals surface area contributed by atoms with Crippen LogP contribution < -0.4 is 0 Å². The zero-order valence-corrected chi connectivity index (χ0v) is 6.89. The zero-order chi connectivity index (χ0) is 8.15. The molecule has 0 bridgehead atoms. The van der Waals surface area contributed by atoms with E-state index in [0.717, 1.165) is 11.4 Å². The van der Waals surface area contributed by atoms with Crippen LogP contribution in [-0.2, 0) is 0 Å². The minimum absolute atomic E-state index is 0.894. The van der Waals surface area contributed by atoms with Gasteiger partial charge in [-0.05, 0) is 20.6 Å². The largest absolute Gasteiger partial charge is 0.354 e. The maximum atomic E-state index is 3.76. The van der Waals surface area contributed by atoms with Crippen molar-refractivity contribution in [3.8, 4) is 0 Å². The van der Waals surface area contributed by atoms with E-state index < -0.39 is 0 Å². The first-order valence-corrected chi connectivity index (χ1v) is 3.11. The van der Waals surface area contributed by atoms with Gasteiger partial charge >= 0.3 is 0 Å². The van der Waals surface area contributed by atoms with E-state index in [1.807, 2.05) is 32.0 Å². The molecule has 2 nitrogen and oxygen atoms in total. The van der Waals surface area contributed by atoms with Crippen LogP contribution in [0.3, 0.4) is 0 Å². The number of rotatable bonds is 3. The van der Waals surface area contributed by atoms with Gasteiger partial charge in [-0.2, -0.15) is 0 Å². The zero-order valence-electron chi connectivity index (χ0n) is 6.89. The summed E-state index contributed by atoms with van der Waals surface area (Å²) < 4.78 is 0. The molecule has 0 atom stereocenters. The Morgan fingerprint density at radius 1 is 1.50 bits per heavy atom. The highest BCUT2D eigenvalue weighted by Crippen LogP contribution is 2.01. The second-order valence-electron chi connectivity index (χ2n) is 2.27. The fourth-order valence-corrected chi connectivity index (χ4v) is 0.431. The van der Waals surface area contributed by atoms with E-state index in [2.05, 4.69) is 18.3 Å². The van der Waals surface area contributed by atoms with Crippen molar-refractivity contribution in [2.75, 3.05) is 7.05 Å². The number of aliphatic imine (C=N–C) groups is 1. The van der Waals surface area contributed by atoms with Gasteiger partial charge in [0, 0.05) is 18.9 Å². The molecular weight excluding hydrogens is 124 g/mol. The lowest BCUT2D eigenvalue weighted by Gasteiger charge is -2.12. The first kappa shape index (κ1) is 8.95. The van der Waals surface area contributed by atoms with Crippen LogP contribution in [0.25, 0.3) is 0 Å². The summed E-state index contributed by atoms with van der Waals surface area (Å²) in [4.78, 5) is 5.65. The molecule has 0 unspecified atom stereocenters. The lowest BCUT2D eigenvalue weighted by molar-refractivity contribution is 0.567. The van der Waals surface area contributed by atoms with Crippen LogP contribution >= 0.6 is 0 Å². The molecule has 0 aliphatic heterocycles. The number of hydrogen-bond acceptors (Lipinski definition) is 2. The standard InChI is InChI=1S/C8H14N2/c1-7(2)10(5)6-8(3)9-4/h6H,1,4H2,2-3,5H3/b8-6-. The third-order valence-corrected chi connectivity index (χ3v) is 1.23. The van der Waals surface area contributed by atoms with Crippen LogP contribution in [0.2, 0.25) is 0 Å². The molecule has 0 rings (SSSR count). The summed E-state index contributed by atoms with van der Waals surface area (Å²) in [7, 11) is 1.93. The molecule has 0 saturated carbocycles. The topological polar surface area (TPSA) is 15.6 Å². The molecule has 0 N–H and O–H groups in total. The monoisotopic (exact) mass is 138 g/mol. The Bertz CT molecular complexity index is 168. The third kappa shape index (κ3) is 3.07. The van der Waals surface area contributed by atoms with Crippen LogP contribution in [0.1, 0.15) is 13.8 Å².